The number of benzene rings is 2. The molecule has 0 radical (unpaired) electrons. The van der Waals surface area contributed by atoms with Crippen LogP contribution in [0.15, 0.2) is 60.9 Å². The minimum atomic E-state index is -3.20. The van der Waals surface area contributed by atoms with Crippen LogP contribution in [0.4, 0.5) is 5.95 Å². The van der Waals surface area contributed by atoms with Gasteiger partial charge >= 0.3 is 0 Å². The van der Waals surface area contributed by atoms with Gasteiger partial charge in [-0.3, -0.25) is 0 Å². The molecule has 2 atom stereocenters. The normalized spacial score (nSPS) is 17.7. The third kappa shape index (κ3) is 6.20. The molecule has 9 heteroatoms. The Bertz CT molecular complexity index is 1570. The highest BCUT2D eigenvalue weighted by atomic mass is 32.2. The second-order valence-corrected chi connectivity index (χ2v) is 12.4. The van der Waals surface area contributed by atoms with Crippen molar-refractivity contribution in [2.45, 2.75) is 45.4 Å². The van der Waals surface area contributed by atoms with Crippen LogP contribution in [-0.2, 0) is 15.6 Å². The van der Waals surface area contributed by atoms with Crippen molar-refractivity contribution in [2.24, 2.45) is 5.92 Å². The van der Waals surface area contributed by atoms with Crippen molar-refractivity contribution in [1.82, 2.24) is 20.3 Å². The minimum absolute atomic E-state index is 0.00135. The number of ether oxygens (including phenoxy) is 1. The lowest BCUT2D eigenvalue weighted by atomic mass is 9.95. The van der Waals surface area contributed by atoms with Gasteiger partial charge in [-0.15, -0.1) is 0 Å². The molecular weight excluding hydrogens is 510 g/mol. The average Bonchev–Trinajstić information content (AvgIpc) is 2.92. The van der Waals surface area contributed by atoms with E-state index in [-0.39, 0.29) is 17.5 Å². The number of rotatable bonds is 9. The zero-order valence-corrected chi connectivity index (χ0v) is 23.5. The first-order valence-corrected chi connectivity index (χ1v) is 15.3. The highest BCUT2D eigenvalue weighted by molar-refractivity contribution is 7.90. The Morgan fingerprint density at radius 2 is 1.92 bits per heavy atom. The minimum Gasteiger partial charge on any atom is -0.437 e. The largest absolute Gasteiger partial charge is 0.437 e. The van der Waals surface area contributed by atoms with Crippen molar-refractivity contribution < 1.29 is 13.2 Å². The van der Waals surface area contributed by atoms with E-state index >= 15 is 0 Å². The Kier molecular flexibility index (Phi) is 8.09. The summed E-state index contributed by atoms with van der Waals surface area (Å²) in [5.41, 5.74) is 3.15. The van der Waals surface area contributed by atoms with Crippen molar-refractivity contribution in [3.8, 4) is 22.9 Å². The van der Waals surface area contributed by atoms with E-state index in [2.05, 4.69) is 27.5 Å². The van der Waals surface area contributed by atoms with Crippen LogP contribution in [-0.4, -0.2) is 48.3 Å². The molecule has 2 N–H and O–H groups in total. The third-order valence-electron chi connectivity index (χ3n) is 7.23. The molecule has 204 valence electrons. The number of piperidine rings is 1. The fourth-order valence-electron chi connectivity index (χ4n) is 5.08. The van der Waals surface area contributed by atoms with Gasteiger partial charge in [-0.05, 0) is 66.9 Å². The third-order valence-corrected chi connectivity index (χ3v) is 9.01. The van der Waals surface area contributed by atoms with Crippen LogP contribution in [0.1, 0.15) is 37.8 Å². The van der Waals surface area contributed by atoms with Gasteiger partial charge in [0.2, 0.25) is 11.8 Å². The molecule has 2 aromatic heterocycles. The van der Waals surface area contributed by atoms with E-state index in [1.807, 2.05) is 62.4 Å². The highest BCUT2D eigenvalue weighted by Gasteiger charge is 2.22. The van der Waals surface area contributed by atoms with E-state index in [0.29, 0.717) is 35.6 Å². The van der Waals surface area contributed by atoms with Crippen LogP contribution in [0.2, 0.25) is 0 Å². The summed E-state index contributed by atoms with van der Waals surface area (Å²) in [5.74, 6) is 2.34. The van der Waals surface area contributed by atoms with Crippen LogP contribution < -0.4 is 15.4 Å². The van der Waals surface area contributed by atoms with E-state index in [4.69, 9.17) is 9.72 Å². The SMILES string of the molecule is CCCS(=O)(=O)Cc1cccc2c(Oc3ncccc3-c3ccnc(N[C@@H]4CNCC[C@H]4C)n3)c(C)ccc12. The Hall–Kier alpha value is -3.56. The first-order valence-electron chi connectivity index (χ1n) is 13.5. The molecule has 0 bridgehead atoms. The second kappa shape index (κ2) is 11.7. The molecule has 2 aromatic carbocycles. The molecule has 0 saturated carbocycles. The van der Waals surface area contributed by atoms with E-state index in [1.54, 1.807) is 12.4 Å². The van der Waals surface area contributed by atoms with E-state index < -0.39 is 9.84 Å². The Labute approximate surface area is 230 Å². The number of hydrogen-bond donors (Lipinski definition) is 2. The number of nitrogens with zero attached hydrogens (tertiary/aromatic N) is 3. The number of pyridine rings is 1. The standard InChI is InChI=1S/C30H35N5O3S/c1-4-17-39(36,37)19-22-7-5-8-24-23(22)11-10-21(3)28(24)38-29-25(9-6-14-32-29)26-13-16-33-30(34-26)35-27-18-31-15-12-20(27)2/h5-11,13-14,16,20,27,31H,4,12,15,17-19H2,1-3H3,(H,33,34,35)/t20-,27-/m1/s1. The maximum atomic E-state index is 12.6. The van der Waals surface area contributed by atoms with E-state index in [1.165, 1.54) is 0 Å². The van der Waals surface area contributed by atoms with Gasteiger partial charge in [0.15, 0.2) is 9.84 Å². The number of anilines is 1. The Morgan fingerprint density at radius 3 is 2.74 bits per heavy atom. The van der Waals surface area contributed by atoms with Crippen LogP contribution in [0, 0.1) is 12.8 Å². The van der Waals surface area contributed by atoms with Crippen LogP contribution in [0.5, 0.6) is 11.6 Å². The van der Waals surface area contributed by atoms with Gasteiger partial charge in [0.1, 0.15) is 5.75 Å². The number of aromatic nitrogens is 3. The molecule has 0 unspecified atom stereocenters. The molecule has 1 fully saturated rings. The van der Waals surface area contributed by atoms with Gasteiger partial charge < -0.3 is 15.4 Å². The summed E-state index contributed by atoms with van der Waals surface area (Å²) in [5, 5.41) is 8.62. The summed E-state index contributed by atoms with van der Waals surface area (Å²) >= 11 is 0. The fraction of sp³-hybridized carbons (Fsp3) is 0.367. The average molecular weight is 546 g/mol. The van der Waals surface area contributed by atoms with Gasteiger partial charge in [0, 0.05) is 30.4 Å². The molecule has 1 aliphatic rings. The van der Waals surface area contributed by atoms with Crippen molar-refractivity contribution >= 4 is 26.6 Å². The highest BCUT2D eigenvalue weighted by Crippen LogP contribution is 2.38. The summed E-state index contributed by atoms with van der Waals surface area (Å²) in [6.45, 7) is 8.00. The molecule has 3 heterocycles. The van der Waals surface area contributed by atoms with Crippen LogP contribution in [0.25, 0.3) is 22.0 Å². The quantitative estimate of drug-likeness (QED) is 0.283. The van der Waals surface area contributed by atoms with Crippen LogP contribution in [0.3, 0.4) is 0 Å². The molecule has 4 aromatic rings. The number of nitrogens with one attached hydrogen (secondary N) is 2. The fourth-order valence-corrected chi connectivity index (χ4v) is 6.57. The van der Waals surface area contributed by atoms with Gasteiger partial charge in [-0.2, -0.15) is 0 Å². The zero-order valence-electron chi connectivity index (χ0n) is 22.6. The lowest BCUT2D eigenvalue weighted by molar-refractivity contribution is 0.365. The number of sulfone groups is 1. The first kappa shape index (κ1) is 27.0. The summed E-state index contributed by atoms with van der Waals surface area (Å²) in [4.78, 5) is 13.8. The summed E-state index contributed by atoms with van der Waals surface area (Å²) in [6.07, 6.45) is 5.14. The molecule has 0 aliphatic carbocycles. The zero-order chi connectivity index (χ0) is 27.4. The first-order chi connectivity index (χ1) is 18.8. The molecule has 1 saturated heterocycles. The maximum Gasteiger partial charge on any atom is 0.228 e. The smallest absolute Gasteiger partial charge is 0.228 e. The van der Waals surface area contributed by atoms with Crippen LogP contribution >= 0.6 is 0 Å². The van der Waals surface area contributed by atoms with Gasteiger partial charge in [0.25, 0.3) is 0 Å². The molecule has 39 heavy (non-hydrogen) atoms. The summed E-state index contributed by atoms with van der Waals surface area (Å²) < 4.78 is 31.7. The predicted molar refractivity (Wildman–Crippen MR) is 156 cm³/mol. The van der Waals surface area contributed by atoms with E-state index in [0.717, 1.165) is 47.0 Å². The van der Waals surface area contributed by atoms with Gasteiger partial charge in [-0.1, -0.05) is 44.2 Å². The second-order valence-electron chi connectivity index (χ2n) is 10.3. The number of aryl methyl sites for hydroxylation is 1. The van der Waals surface area contributed by atoms with E-state index in [9.17, 15) is 8.42 Å². The molecular formula is C30H35N5O3S. The Morgan fingerprint density at radius 1 is 1.05 bits per heavy atom. The maximum absolute atomic E-state index is 12.6. The molecule has 8 nitrogen and oxygen atoms in total. The van der Waals surface area contributed by atoms with Gasteiger partial charge in [-0.25, -0.2) is 23.4 Å². The molecule has 1 aliphatic heterocycles. The van der Waals surface area contributed by atoms with Crippen molar-refractivity contribution in [2.75, 3.05) is 24.2 Å². The molecule has 5 rings (SSSR count). The Balaban J connectivity index is 1.48. The van der Waals surface area contributed by atoms with Gasteiger partial charge in [0.05, 0.1) is 22.8 Å². The summed E-state index contributed by atoms with van der Waals surface area (Å²) in [7, 11) is -3.20. The van der Waals surface area contributed by atoms with Crippen molar-refractivity contribution in [1.29, 1.82) is 0 Å². The topological polar surface area (TPSA) is 106 Å². The number of hydrogen-bond acceptors (Lipinski definition) is 8. The predicted octanol–water partition coefficient (Wildman–Crippen LogP) is 5.53. The monoisotopic (exact) mass is 545 g/mol. The summed E-state index contributed by atoms with van der Waals surface area (Å²) in [6, 6.07) is 15.5. The lowest BCUT2D eigenvalue weighted by Crippen LogP contribution is -2.44. The van der Waals surface area contributed by atoms with Crippen molar-refractivity contribution in [3.05, 3.63) is 72.1 Å². The number of fused-ring (bicyclic) bond motifs is 1. The van der Waals surface area contributed by atoms with Crippen molar-refractivity contribution in [3.63, 3.8) is 0 Å². The molecule has 0 spiro atoms. The molecule has 0 amide bonds. The lowest BCUT2D eigenvalue weighted by Gasteiger charge is -2.30.